The van der Waals surface area contributed by atoms with Crippen LogP contribution in [-0.4, -0.2) is 35.1 Å². The van der Waals surface area contributed by atoms with E-state index < -0.39 is 0 Å². The van der Waals surface area contributed by atoms with Crippen LogP contribution < -0.4 is 11.1 Å². The molecule has 3 N–H and O–H groups in total. The summed E-state index contributed by atoms with van der Waals surface area (Å²) in [6, 6.07) is 4.92. The Morgan fingerprint density at radius 2 is 1.83 bits per heavy atom. The number of nitrogens with zero attached hydrogens (tertiary/aromatic N) is 2. The fourth-order valence-electron chi connectivity index (χ4n) is 2.13. The van der Waals surface area contributed by atoms with Gasteiger partial charge in [0, 0.05) is 30.9 Å². The van der Waals surface area contributed by atoms with E-state index >= 15 is 0 Å². The van der Waals surface area contributed by atoms with E-state index in [1.54, 1.807) is 0 Å². The molecule has 0 saturated heterocycles. The van der Waals surface area contributed by atoms with Gasteiger partial charge in [0.2, 0.25) is 0 Å². The zero-order valence-corrected chi connectivity index (χ0v) is 12.2. The Morgan fingerprint density at radius 1 is 1.22 bits per heavy atom. The molecule has 1 heterocycles. The molecule has 0 amide bonds. The van der Waals surface area contributed by atoms with Gasteiger partial charge in [-0.15, -0.1) is 0 Å². The van der Waals surface area contributed by atoms with E-state index in [0.717, 1.165) is 24.6 Å². The molecule has 0 aliphatic heterocycles. The molecule has 0 aliphatic carbocycles. The highest BCUT2D eigenvalue weighted by atomic mass is 15.2. The molecule has 102 valence electrons. The second-order valence-corrected chi connectivity index (χ2v) is 5.24. The third kappa shape index (κ3) is 4.18. The van der Waals surface area contributed by atoms with Crippen molar-refractivity contribution in [2.75, 3.05) is 24.1 Å². The van der Waals surface area contributed by atoms with Crippen molar-refractivity contribution in [2.45, 2.75) is 46.7 Å². The first kappa shape index (κ1) is 14.8. The van der Waals surface area contributed by atoms with Gasteiger partial charge in [-0.1, -0.05) is 0 Å². The molecular weight excluding hydrogens is 224 g/mol. The smallest absolute Gasteiger partial charge is 0.149 e. The molecule has 1 aromatic rings. The second-order valence-electron chi connectivity index (χ2n) is 5.24. The number of hydrogen-bond acceptors (Lipinski definition) is 4. The Morgan fingerprint density at radius 3 is 2.39 bits per heavy atom. The van der Waals surface area contributed by atoms with Gasteiger partial charge in [-0.25, -0.2) is 4.98 Å². The van der Waals surface area contributed by atoms with E-state index in [-0.39, 0.29) is 0 Å². The quantitative estimate of drug-likeness (QED) is 0.814. The van der Waals surface area contributed by atoms with Gasteiger partial charge in [0.1, 0.15) is 5.82 Å². The van der Waals surface area contributed by atoms with Crippen molar-refractivity contribution in [1.82, 2.24) is 9.88 Å². The van der Waals surface area contributed by atoms with Crippen LogP contribution in [0.25, 0.3) is 0 Å². The van der Waals surface area contributed by atoms with Crippen molar-refractivity contribution in [3.63, 3.8) is 0 Å². The average molecular weight is 250 g/mol. The predicted molar refractivity (Wildman–Crippen MR) is 78.9 cm³/mol. The number of anilines is 2. The van der Waals surface area contributed by atoms with E-state index in [2.05, 4.69) is 42.9 Å². The molecule has 0 radical (unpaired) electrons. The molecule has 1 aromatic heterocycles. The number of aryl methyl sites for hydroxylation is 1. The summed E-state index contributed by atoms with van der Waals surface area (Å²) in [6.45, 7) is 12.7. The maximum absolute atomic E-state index is 5.89. The molecule has 0 unspecified atom stereocenters. The lowest BCUT2D eigenvalue weighted by Crippen LogP contribution is -2.40. The molecule has 0 fully saturated rings. The molecule has 0 spiro atoms. The first-order valence-corrected chi connectivity index (χ1v) is 6.64. The number of rotatable bonds is 6. The minimum Gasteiger partial charge on any atom is -0.396 e. The lowest BCUT2D eigenvalue weighted by Gasteiger charge is -2.30. The van der Waals surface area contributed by atoms with Gasteiger partial charge in [-0.2, -0.15) is 0 Å². The number of nitrogen functional groups attached to an aromatic ring is 1. The van der Waals surface area contributed by atoms with Crippen LogP contribution in [0.15, 0.2) is 12.1 Å². The minimum absolute atomic E-state index is 0.551. The Hall–Kier alpha value is -1.29. The van der Waals surface area contributed by atoms with Gasteiger partial charge in [-0.3, -0.25) is 4.90 Å². The summed E-state index contributed by atoms with van der Waals surface area (Å²) in [5, 5.41) is 3.32. The summed E-state index contributed by atoms with van der Waals surface area (Å²) >= 11 is 0. The SMILES string of the molecule is Cc1ccc(N)c(NCCN(C(C)C)C(C)C)n1. The van der Waals surface area contributed by atoms with Gasteiger partial charge >= 0.3 is 0 Å². The van der Waals surface area contributed by atoms with Gasteiger partial charge in [-0.05, 0) is 46.8 Å². The van der Waals surface area contributed by atoms with Crippen molar-refractivity contribution in [1.29, 1.82) is 0 Å². The van der Waals surface area contributed by atoms with Crippen molar-refractivity contribution in [3.05, 3.63) is 17.8 Å². The number of pyridine rings is 1. The second kappa shape index (κ2) is 6.59. The van der Waals surface area contributed by atoms with Crippen molar-refractivity contribution >= 4 is 11.5 Å². The van der Waals surface area contributed by atoms with Crippen molar-refractivity contribution < 1.29 is 0 Å². The van der Waals surface area contributed by atoms with E-state index in [1.807, 2.05) is 19.1 Å². The first-order valence-electron chi connectivity index (χ1n) is 6.64. The summed E-state index contributed by atoms with van der Waals surface area (Å²) in [5.41, 5.74) is 7.58. The summed E-state index contributed by atoms with van der Waals surface area (Å²) in [6.07, 6.45) is 0. The number of nitrogens with two attached hydrogens (primary N) is 1. The molecular formula is C14H26N4. The fourth-order valence-corrected chi connectivity index (χ4v) is 2.13. The third-order valence-electron chi connectivity index (χ3n) is 3.05. The molecule has 0 aromatic carbocycles. The largest absolute Gasteiger partial charge is 0.396 e. The van der Waals surface area contributed by atoms with Crippen LogP contribution >= 0.6 is 0 Å². The number of aromatic nitrogens is 1. The predicted octanol–water partition coefficient (Wildman–Crippen LogP) is 2.50. The topological polar surface area (TPSA) is 54.2 Å². The molecule has 0 bridgehead atoms. The van der Waals surface area contributed by atoms with Crippen LogP contribution in [0.1, 0.15) is 33.4 Å². The average Bonchev–Trinajstić information content (AvgIpc) is 2.27. The van der Waals surface area contributed by atoms with Gasteiger partial charge in [0.05, 0.1) is 5.69 Å². The number of nitrogens with one attached hydrogen (secondary N) is 1. The Bertz CT molecular complexity index is 366. The van der Waals surface area contributed by atoms with Crippen molar-refractivity contribution in [2.24, 2.45) is 0 Å². The Balaban J connectivity index is 2.52. The van der Waals surface area contributed by atoms with Crippen LogP contribution in [0, 0.1) is 6.92 Å². The van der Waals surface area contributed by atoms with Crippen LogP contribution in [0.4, 0.5) is 11.5 Å². The lowest BCUT2D eigenvalue weighted by molar-refractivity contribution is 0.182. The molecule has 4 heteroatoms. The van der Waals surface area contributed by atoms with Crippen molar-refractivity contribution in [3.8, 4) is 0 Å². The highest BCUT2D eigenvalue weighted by molar-refractivity contribution is 5.61. The van der Waals surface area contributed by atoms with E-state index in [4.69, 9.17) is 5.73 Å². The third-order valence-corrected chi connectivity index (χ3v) is 3.05. The molecule has 0 saturated carbocycles. The Kier molecular flexibility index (Phi) is 5.41. The van der Waals surface area contributed by atoms with Crippen LogP contribution in [0.5, 0.6) is 0 Å². The summed E-state index contributed by atoms with van der Waals surface area (Å²) in [5.74, 6) is 0.794. The van der Waals surface area contributed by atoms with E-state index in [1.165, 1.54) is 0 Å². The molecule has 4 nitrogen and oxygen atoms in total. The Labute approximate surface area is 111 Å². The minimum atomic E-state index is 0.551. The first-order chi connectivity index (χ1) is 8.41. The zero-order chi connectivity index (χ0) is 13.7. The molecule has 18 heavy (non-hydrogen) atoms. The van der Waals surface area contributed by atoms with E-state index in [0.29, 0.717) is 17.8 Å². The van der Waals surface area contributed by atoms with Gasteiger partial charge in [0.25, 0.3) is 0 Å². The standard InChI is InChI=1S/C14H26N4/c1-10(2)18(11(3)4)9-8-16-14-13(15)7-6-12(5)17-14/h6-7,10-11H,8-9,15H2,1-5H3,(H,16,17). The van der Waals surface area contributed by atoms with Gasteiger partial charge < -0.3 is 11.1 Å². The highest BCUT2D eigenvalue weighted by Crippen LogP contribution is 2.15. The van der Waals surface area contributed by atoms with Gasteiger partial charge in [0.15, 0.2) is 0 Å². The van der Waals surface area contributed by atoms with E-state index in [9.17, 15) is 0 Å². The van der Waals surface area contributed by atoms with Crippen LogP contribution in [0.3, 0.4) is 0 Å². The number of hydrogen-bond donors (Lipinski definition) is 2. The zero-order valence-electron chi connectivity index (χ0n) is 12.2. The maximum Gasteiger partial charge on any atom is 0.149 e. The highest BCUT2D eigenvalue weighted by Gasteiger charge is 2.12. The maximum atomic E-state index is 5.89. The fraction of sp³-hybridized carbons (Fsp3) is 0.643. The molecule has 0 atom stereocenters. The molecule has 1 rings (SSSR count). The van der Waals surface area contributed by atoms with Crippen LogP contribution in [-0.2, 0) is 0 Å². The van der Waals surface area contributed by atoms with Crippen LogP contribution in [0.2, 0.25) is 0 Å². The summed E-state index contributed by atoms with van der Waals surface area (Å²) < 4.78 is 0. The summed E-state index contributed by atoms with van der Waals surface area (Å²) in [4.78, 5) is 6.85. The monoisotopic (exact) mass is 250 g/mol. The summed E-state index contributed by atoms with van der Waals surface area (Å²) in [7, 11) is 0. The normalized spacial score (nSPS) is 11.6. The lowest BCUT2D eigenvalue weighted by atomic mass is 10.2. The molecule has 0 aliphatic rings.